The van der Waals surface area contributed by atoms with Crippen LogP contribution >= 0.6 is 0 Å². The minimum Gasteiger partial charge on any atom is -0.481 e. The van der Waals surface area contributed by atoms with Crippen LogP contribution in [0.4, 0.5) is 0 Å². The Labute approximate surface area is 139 Å². The summed E-state index contributed by atoms with van der Waals surface area (Å²) in [5.41, 5.74) is -1.08. The molecular formula is C18H18N2O4. The second-order valence-electron chi connectivity index (χ2n) is 5.67. The molecule has 3 rings (SSSR count). The highest BCUT2D eigenvalue weighted by Gasteiger charge is 2.27. The van der Waals surface area contributed by atoms with E-state index < -0.39 is 11.5 Å². The van der Waals surface area contributed by atoms with E-state index in [0.717, 1.165) is 10.8 Å². The molecule has 0 aliphatic heterocycles. The van der Waals surface area contributed by atoms with Gasteiger partial charge in [-0.2, -0.15) is 0 Å². The van der Waals surface area contributed by atoms with Gasteiger partial charge >= 0.3 is 0 Å². The molecule has 0 fully saturated rings. The number of fused-ring (bicyclic) bond motifs is 1. The van der Waals surface area contributed by atoms with Gasteiger partial charge in [-0.05, 0) is 36.6 Å². The number of nitrogens with zero attached hydrogens (tertiary/aromatic N) is 1. The number of carbonyl (C=O) groups excluding carboxylic acids is 1. The SMILES string of the molecule is COc1nc(C(=O)NCC(C)(O)c2ccco2)cc2ccccc12. The Kier molecular flexibility index (Phi) is 4.22. The number of methoxy groups -OCH3 is 1. The molecule has 1 aromatic carbocycles. The Morgan fingerprint density at radius 2 is 2.12 bits per heavy atom. The van der Waals surface area contributed by atoms with E-state index >= 15 is 0 Å². The zero-order valence-corrected chi connectivity index (χ0v) is 13.4. The monoisotopic (exact) mass is 326 g/mol. The van der Waals surface area contributed by atoms with Gasteiger partial charge in [0, 0.05) is 5.39 Å². The van der Waals surface area contributed by atoms with Crippen LogP contribution in [0, 0.1) is 0 Å². The zero-order valence-electron chi connectivity index (χ0n) is 13.4. The number of hydrogen-bond acceptors (Lipinski definition) is 5. The van der Waals surface area contributed by atoms with E-state index in [2.05, 4.69) is 10.3 Å². The maximum Gasteiger partial charge on any atom is 0.270 e. The van der Waals surface area contributed by atoms with Crippen LogP contribution in [0.25, 0.3) is 10.8 Å². The Balaban J connectivity index is 1.81. The molecule has 0 spiro atoms. The van der Waals surface area contributed by atoms with Crippen molar-refractivity contribution in [3.63, 3.8) is 0 Å². The van der Waals surface area contributed by atoms with Crippen molar-refractivity contribution in [1.82, 2.24) is 10.3 Å². The summed E-state index contributed by atoms with van der Waals surface area (Å²) < 4.78 is 10.5. The Morgan fingerprint density at radius 3 is 2.83 bits per heavy atom. The van der Waals surface area contributed by atoms with Crippen LogP contribution in [-0.4, -0.2) is 29.7 Å². The Bertz CT molecular complexity index is 857. The van der Waals surface area contributed by atoms with E-state index in [9.17, 15) is 9.90 Å². The van der Waals surface area contributed by atoms with Crippen LogP contribution in [0.5, 0.6) is 5.88 Å². The summed E-state index contributed by atoms with van der Waals surface area (Å²) in [7, 11) is 1.51. The Hall–Kier alpha value is -2.86. The number of benzene rings is 1. The van der Waals surface area contributed by atoms with Gasteiger partial charge in [0.05, 0.1) is 19.9 Å². The molecule has 2 N–H and O–H groups in total. The van der Waals surface area contributed by atoms with Crippen LogP contribution < -0.4 is 10.1 Å². The van der Waals surface area contributed by atoms with E-state index in [1.807, 2.05) is 24.3 Å². The summed E-state index contributed by atoms with van der Waals surface area (Å²) in [4.78, 5) is 16.6. The average Bonchev–Trinajstić information content (AvgIpc) is 3.14. The number of carbonyl (C=O) groups is 1. The lowest BCUT2D eigenvalue weighted by molar-refractivity contribution is 0.0329. The fourth-order valence-corrected chi connectivity index (χ4v) is 2.45. The van der Waals surface area contributed by atoms with Crippen LogP contribution in [0.15, 0.2) is 53.1 Å². The first-order valence-corrected chi connectivity index (χ1v) is 7.49. The average molecular weight is 326 g/mol. The molecule has 3 aromatic rings. The van der Waals surface area contributed by atoms with E-state index in [1.54, 1.807) is 25.1 Å². The van der Waals surface area contributed by atoms with E-state index in [1.165, 1.54) is 13.4 Å². The standard InChI is InChI=1S/C18H18N2O4/c1-18(22,15-8-5-9-24-15)11-19-16(21)14-10-12-6-3-4-7-13(12)17(20-14)23-2/h3-10,22H,11H2,1-2H3,(H,19,21). The van der Waals surface area contributed by atoms with Crippen molar-refractivity contribution in [2.75, 3.05) is 13.7 Å². The van der Waals surface area contributed by atoms with Crippen molar-refractivity contribution >= 4 is 16.7 Å². The normalized spacial score (nSPS) is 13.5. The van der Waals surface area contributed by atoms with Crippen LogP contribution in [0.1, 0.15) is 23.2 Å². The summed E-state index contributed by atoms with van der Waals surface area (Å²) in [6, 6.07) is 12.6. The van der Waals surface area contributed by atoms with Crippen molar-refractivity contribution < 1.29 is 19.1 Å². The van der Waals surface area contributed by atoms with Gasteiger partial charge in [-0.25, -0.2) is 4.98 Å². The maximum atomic E-state index is 12.4. The highest BCUT2D eigenvalue weighted by molar-refractivity contribution is 5.98. The third-order valence-corrected chi connectivity index (χ3v) is 3.78. The first-order valence-electron chi connectivity index (χ1n) is 7.49. The smallest absolute Gasteiger partial charge is 0.270 e. The fourth-order valence-electron chi connectivity index (χ4n) is 2.45. The summed E-state index contributed by atoms with van der Waals surface area (Å²) in [6.07, 6.45) is 1.47. The molecule has 0 aliphatic rings. The zero-order chi connectivity index (χ0) is 17.2. The predicted molar refractivity (Wildman–Crippen MR) is 88.9 cm³/mol. The number of furan rings is 1. The van der Waals surface area contributed by atoms with Gasteiger partial charge in [0.25, 0.3) is 5.91 Å². The molecule has 0 radical (unpaired) electrons. The molecule has 6 nitrogen and oxygen atoms in total. The van der Waals surface area contributed by atoms with E-state index in [0.29, 0.717) is 11.6 Å². The largest absolute Gasteiger partial charge is 0.481 e. The van der Waals surface area contributed by atoms with Gasteiger partial charge < -0.3 is 19.6 Å². The maximum absolute atomic E-state index is 12.4. The molecule has 0 aliphatic carbocycles. The molecule has 6 heteroatoms. The number of ether oxygens (including phenoxy) is 1. The molecule has 0 saturated carbocycles. The second-order valence-corrected chi connectivity index (χ2v) is 5.67. The molecule has 1 amide bonds. The summed E-state index contributed by atoms with van der Waals surface area (Å²) in [6.45, 7) is 1.57. The molecule has 2 heterocycles. The van der Waals surface area contributed by atoms with Gasteiger partial charge in [0.2, 0.25) is 5.88 Å². The number of aliphatic hydroxyl groups is 1. The van der Waals surface area contributed by atoms with Gasteiger partial charge in [-0.1, -0.05) is 18.2 Å². The van der Waals surface area contributed by atoms with Gasteiger partial charge in [-0.15, -0.1) is 0 Å². The summed E-state index contributed by atoms with van der Waals surface area (Å²) in [5, 5.41) is 14.8. The van der Waals surface area contributed by atoms with E-state index in [-0.39, 0.29) is 12.2 Å². The number of nitrogens with one attached hydrogen (secondary N) is 1. The molecule has 24 heavy (non-hydrogen) atoms. The van der Waals surface area contributed by atoms with Crippen molar-refractivity contribution in [1.29, 1.82) is 0 Å². The lowest BCUT2D eigenvalue weighted by Gasteiger charge is -2.21. The molecule has 0 bridgehead atoms. The topological polar surface area (TPSA) is 84.6 Å². The minimum atomic E-state index is -1.31. The first-order chi connectivity index (χ1) is 11.5. The molecular weight excluding hydrogens is 308 g/mol. The summed E-state index contributed by atoms with van der Waals surface area (Å²) >= 11 is 0. The quantitative estimate of drug-likeness (QED) is 0.752. The van der Waals surface area contributed by atoms with Crippen molar-refractivity contribution in [3.8, 4) is 5.88 Å². The van der Waals surface area contributed by atoms with Gasteiger partial charge in [-0.3, -0.25) is 4.79 Å². The highest BCUT2D eigenvalue weighted by atomic mass is 16.5. The second kappa shape index (κ2) is 6.33. The number of pyridine rings is 1. The lowest BCUT2D eigenvalue weighted by Crippen LogP contribution is -2.38. The molecule has 0 saturated heterocycles. The van der Waals surface area contributed by atoms with E-state index in [4.69, 9.17) is 9.15 Å². The molecule has 1 atom stereocenters. The van der Waals surface area contributed by atoms with Crippen molar-refractivity contribution in [2.45, 2.75) is 12.5 Å². The van der Waals surface area contributed by atoms with Crippen molar-refractivity contribution in [3.05, 3.63) is 60.2 Å². The molecule has 124 valence electrons. The predicted octanol–water partition coefficient (Wildman–Crippen LogP) is 2.47. The van der Waals surface area contributed by atoms with Crippen molar-refractivity contribution in [2.24, 2.45) is 0 Å². The Morgan fingerprint density at radius 1 is 1.33 bits per heavy atom. The third kappa shape index (κ3) is 3.09. The first kappa shape index (κ1) is 16.0. The molecule has 2 aromatic heterocycles. The van der Waals surface area contributed by atoms with Crippen LogP contribution in [0.3, 0.4) is 0 Å². The fraction of sp³-hybridized carbons (Fsp3) is 0.222. The number of amides is 1. The number of aromatic nitrogens is 1. The van der Waals surface area contributed by atoms with Gasteiger partial charge in [0.1, 0.15) is 17.1 Å². The lowest BCUT2D eigenvalue weighted by atomic mass is 10.0. The van der Waals surface area contributed by atoms with Crippen LogP contribution in [0.2, 0.25) is 0 Å². The number of rotatable bonds is 5. The van der Waals surface area contributed by atoms with Crippen LogP contribution in [-0.2, 0) is 5.60 Å². The number of hydrogen-bond donors (Lipinski definition) is 2. The summed E-state index contributed by atoms with van der Waals surface area (Å²) in [5.74, 6) is 0.369. The minimum absolute atomic E-state index is 0.00380. The van der Waals surface area contributed by atoms with Gasteiger partial charge in [0.15, 0.2) is 0 Å². The molecule has 1 unspecified atom stereocenters. The highest BCUT2D eigenvalue weighted by Crippen LogP contribution is 2.24. The third-order valence-electron chi connectivity index (χ3n) is 3.78.